The van der Waals surface area contributed by atoms with E-state index in [1.165, 1.54) is 0 Å². The van der Waals surface area contributed by atoms with Crippen molar-refractivity contribution in [3.05, 3.63) is 65.7 Å². The molecule has 3 rings (SSSR count). The van der Waals surface area contributed by atoms with Gasteiger partial charge in [0.25, 0.3) is 0 Å². The van der Waals surface area contributed by atoms with Gasteiger partial charge in [-0.25, -0.2) is 4.79 Å². The summed E-state index contributed by atoms with van der Waals surface area (Å²) in [5, 5.41) is 6.20. The van der Waals surface area contributed by atoms with E-state index in [0.29, 0.717) is 13.2 Å². The first-order valence-corrected chi connectivity index (χ1v) is 11.4. The number of carbonyl (C=O) groups excluding carboxylic acids is 1. The summed E-state index contributed by atoms with van der Waals surface area (Å²) < 4.78 is 5.92. The van der Waals surface area contributed by atoms with Crippen molar-refractivity contribution < 1.29 is 9.53 Å². The van der Waals surface area contributed by atoms with E-state index in [4.69, 9.17) is 4.74 Å². The van der Waals surface area contributed by atoms with E-state index in [1.54, 1.807) is 0 Å². The molecule has 0 bridgehead atoms. The molecule has 1 fully saturated rings. The number of nitrogens with one attached hydrogen (secondary N) is 2. The molecule has 1 unspecified atom stereocenters. The van der Waals surface area contributed by atoms with Crippen LogP contribution in [0.3, 0.4) is 0 Å². The Labute approximate surface area is 192 Å². The molecule has 7 heteroatoms. The number of rotatable bonds is 10. The lowest BCUT2D eigenvalue weighted by Crippen LogP contribution is -2.48. The minimum Gasteiger partial charge on any atom is -0.492 e. The van der Waals surface area contributed by atoms with Crippen molar-refractivity contribution >= 4 is 6.03 Å². The Morgan fingerprint density at radius 1 is 1.03 bits per heavy atom. The molecular weight excluding hydrogens is 402 g/mol. The Morgan fingerprint density at radius 2 is 1.72 bits per heavy atom. The lowest BCUT2D eigenvalue weighted by atomic mass is 10.1. The minimum absolute atomic E-state index is 0.0637. The number of urea groups is 1. The van der Waals surface area contributed by atoms with Gasteiger partial charge in [-0.1, -0.05) is 48.5 Å². The number of benzene rings is 2. The van der Waals surface area contributed by atoms with Crippen molar-refractivity contribution in [2.45, 2.75) is 12.6 Å². The van der Waals surface area contributed by atoms with E-state index in [0.717, 1.165) is 56.1 Å². The zero-order valence-corrected chi connectivity index (χ0v) is 19.6. The lowest BCUT2D eigenvalue weighted by Gasteiger charge is -2.35. The van der Waals surface area contributed by atoms with Gasteiger partial charge in [0.1, 0.15) is 12.4 Å². The maximum absolute atomic E-state index is 12.8. The first-order valence-electron chi connectivity index (χ1n) is 11.4. The van der Waals surface area contributed by atoms with Crippen LogP contribution in [0, 0.1) is 0 Å². The largest absolute Gasteiger partial charge is 0.492 e. The topological polar surface area (TPSA) is 60.1 Å². The first-order chi connectivity index (χ1) is 15.5. The summed E-state index contributed by atoms with van der Waals surface area (Å²) in [6, 6.07) is 17.8. The molecule has 2 N–H and O–H groups in total. The highest BCUT2D eigenvalue weighted by molar-refractivity contribution is 5.74. The van der Waals surface area contributed by atoms with Gasteiger partial charge in [-0.3, -0.25) is 4.90 Å². The van der Waals surface area contributed by atoms with Crippen LogP contribution in [0.4, 0.5) is 4.79 Å². The summed E-state index contributed by atoms with van der Waals surface area (Å²) in [5.41, 5.74) is 2.09. The summed E-state index contributed by atoms with van der Waals surface area (Å²) in [6.45, 7) is 6.80. The van der Waals surface area contributed by atoms with Crippen LogP contribution in [0.2, 0.25) is 0 Å². The normalized spacial score (nSPS) is 16.0. The fourth-order valence-corrected chi connectivity index (χ4v) is 3.72. The van der Waals surface area contributed by atoms with Crippen LogP contribution in [0.1, 0.15) is 17.2 Å². The number of ether oxygens (including phenoxy) is 1. The van der Waals surface area contributed by atoms with Crippen LogP contribution >= 0.6 is 0 Å². The van der Waals surface area contributed by atoms with Gasteiger partial charge in [0, 0.05) is 51.4 Å². The standard InChI is InChI=1S/C25H37N5O2/c1-28(2)17-18-32-24-12-8-7-11-22(24)19-26-25(31)27-23(21-9-5-4-6-10-21)20-30-15-13-29(3)14-16-30/h4-12,23H,13-20H2,1-3H3,(H2,26,27,31). The van der Waals surface area contributed by atoms with E-state index in [9.17, 15) is 4.79 Å². The Morgan fingerprint density at radius 3 is 2.44 bits per heavy atom. The SMILES string of the molecule is CN(C)CCOc1ccccc1CNC(=O)NC(CN1CCN(C)CC1)c1ccccc1. The van der Waals surface area contributed by atoms with Crippen molar-refractivity contribution in [2.24, 2.45) is 0 Å². The number of hydrogen-bond donors (Lipinski definition) is 2. The average molecular weight is 440 g/mol. The molecule has 2 aromatic carbocycles. The number of carbonyl (C=O) groups is 1. The van der Waals surface area contributed by atoms with Gasteiger partial charge in [0.2, 0.25) is 0 Å². The van der Waals surface area contributed by atoms with Gasteiger partial charge in [-0.2, -0.15) is 0 Å². The van der Waals surface area contributed by atoms with Crippen LogP contribution in [-0.4, -0.2) is 87.7 Å². The minimum atomic E-state index is -0.170. The zero-order chi connectivity index (χ0) is 22.8. The zero-order valence-electron chi connectivity index (χ0n) is 19.6. The Bertz CT molecular complexity index is 822. The molecule has 32 heavy (non-hydrogen) atoms. The molecule has 1 aliphatic heterocycles. The predicted octanol–water partition coefficient (Wildman–Crippen LogP) is 2.41. The van der Waals surface area contributed by atoms with E-state index >= 15 is 0 Å². The molecule has 2 aromatic rings. The van der Waals surface area contributed by atoms with E-state index in [1.807, 2.05) is 56.6 Å². The molecule has 0 radical (unpaired) electrons. The highest BCUT2D eigenvalue weighted by Gasteiger charge is 2.21. The van der Waals surface area contributed by atoms with Crippen LogP contribution in [-0.2, 0) is 6.54 Å². The van der Waals surface area contributed by atoms with E-state index in [2.05, 4.69) is 44.5 Å². The number of amides is 2. The van der Waals surface area contributed by atoms with Gasteiger partial charge >= 0.3 is 6.03 Å². The van der Waals surface area contributed by atoms with Crippen LogP contribution in [0.25, 0.3) is 0 Å². The number of piperazine rings is 1. The highest BCUT2D eigenvalue weighted by atomic mass is 16.5. The van der Waals surface area contributed by atoms with Crippen LogP contribution in [0.15, 0.2) is 54.6 Å². The molecule has 0 saturated carbocycles. The van der Waals surface area contributed by atoms with Gasteiger partial charge < -0.3 is 25.2 Å². The van der Waals surface area contributed by atoms with Crippen molar-refractivity contribution in [1.82, 2.24) is 25.3 Å². The smallest absolute Gasteiger partial charge is 0.315 e. The fraction of sp³-hybridized carbons (Fsp3) is 0.480. The number of hydrogen-bond acceptors (Lipinski definition) is 5. The molecule has 0 spiro atoms. The Balaban J connectivity index is 1.57. The third kappa shape index (κ3) is 7.82. The third-order valence-electron chi connectivity index (χ3n) is 5.75. The van der Waals surface area contributed by atoms with Crippen molar-refractivity contribution in [3.63, 3.8) is 0 Å². The predicted molar refractivity (Wildman–Crippen MR) is 129 cm³/mol. The summed E-state index contributed by atoms with van der Waals surface area (Å²) in [4.78, 5) is 19.7. The van der Waals surface area contributed by atoms with E-state index in [-0.39, 0.29) is 12.1 Å². The quantitative estimate of drug-likeness (QED) is 0.595. The maximum atomic E-state index is 12.8. The maximum Gasteiger partial charge on any atom is 0.315 e. The number of para-hydroxylation sites is 1. The molecule has 0 aromatic heterocycles. The summed E-state index contributed by atoms with van der Waals surface area (Å²) in [7, 11) is 6.19. The number of nitrogens with zero attached hydrogens (tertiary/aromatic N) is 3. The monoisotopic (exact) mass is 439 g/mol. The van der Waals surface area contributed by atoms with Crippen molar-refractivity contribution in [2.75, 3.05) is 67.0 Å². The molecule has 1 heterocycles. The van der Waals surface area contributed by atoms with Crippen LogP contribution < -0.4 is 15.4 Å². The second-order valence-electron chi connectivity index (χ2n) is 8.65. The molecule has 1 aliphatic rings. The van der Waals surface area contributed by atoms with Crippen molar-refractivity contribution in [1.29, 1.82) is 0 Å². The Kier molecular flexibility index (Phi) is 9.34. The van der Waals surface area contributed by atoms with Gasteiger partial charge in [-0.15, -0.1) is 0 Å². The molecule has 174 valence electrons. The summed E-state index contributed by atoms with van der Waals surface area (Å²) in [6.07, 6.45) is 0. The Hall–Kier alpha value is -2.61. The molecule has 2 amide bonds. The van der Waals surface area contributed by atoms with Gasteiger partial charge in [-0.05, 0) is 32.8 Å². The van der Waals surface area contributed by atoms with Gasteiger partial charge in [0.15, 0.2) is 0 Å². The molecule has 1 atom stereocenters. The van der Waals surface area contributed by atoms with Crippen LogP contribution in [0.5, 0.6) is 5.75 Å². The molecular formula is C25H37N5O2. The van der Waals surface area contributed by atoms with Gasteiger partial charge in [0.05, 0.1) is 6.04 Å². The molecule has 0 aliphatic carbocycles. The summed E-state index contributed by atoms with van der Waals surface area (Å²) >= 11 is 0. The first kappa shape index (κ1) is 24.0. The second kappa shape index (κ2) is 12.4. The molecule has 1 saturated heterocycles. The third-order valence-corrected chi connectivity index (χ3v) is 5.75. The van der Waals surface area contributed by atoms with Crippen molar-refractivity contribution in [3.8, 4) is 5.75 Å². The number of likely N-dealkylation sites (N-methyl/N-ethyl adjacent to an activating group) is 2. The lowest BCUT2D eigenvalue weighted by molar-refractivity contribution is 0.142. The van der Waals surface area contributed by atoms with E-state index < -0.39 is 0 Å². The highest BCUT2D eigenvalue weighted by Crippen LogP contribution is 2.18. The fourth-order valence-electron chi connectivity index (χ4n) is 3.72. The second-order valence-corrected chi connectivity index (χ2v) is 8.65. The average Bonchev–Trinajstić information content (AvgIpc) is 2.80. The summed E-state index contributed by atoms with van der Waals surface area (Å²) in [5.74, 6) is 0.812. The molecule has 7 nitrogen and oxygen atoms in total.